The van der Waals surface area contributed by atoms with E-state index >= 15 is 0 Å². The van der Waals surface area contributed by atoms with Crippen LogP contribution in [0, 0.1) is 0 Å². The van der Waals surface area contributed by atoms with Gasteiger partial charge in [0.1, 0.15) is 24.9 Å². The second-order valence-corrected chi connectivity index (χ2v) is 3.53. The molecule has 0 heterocycles. The summed E-state index contributed by atoms with van der Waals surface area (Å²) >= 11 is 0. The van der Waals surface area contributed by atoms with Gasteiger partial charge < -0.3 is 9.47 Å². The molecule has 0 spiro atoms. The zero-order valence-corrected chi connectivity index (χ0v) is 10.4. The van der Waals surface area contributed by atoms with E-state index in [0.717, 1.165) is 0 Å². The quantitative estimate of drug-likeness (QED) is 0.383. The molecule has 0 amide bonds. The molecule has 0 aromatic heterocycles. The van der Waals surface area contributed by atoms with Gasteiger partial charge >= 0.3 is 11.9 Å². The van der Waals surface area contributed by atoms with Crippen LogP contribution in [-0.4, -0.2) is 30.4 Å². The molecule has 0 bridgehead atoms. The molecule has 1 atom stereocenters. The topological polar surface area (TPSA) is 69.7 Å². The zero-order chi connectivity index (χ0) is 13.3. The second kappa shape index (κ2) is 8.50. The Balaban J connectivity index is 4.03. The number of ketones is 1. The number of hydrogen-bond acceptors (Lipinski definition) is 5. The van der Waals surface area contributed by atoms with E-state index in [1.807, 2.05) is 0 Å². The summed E-state index contributed by atoms with van der Waals surface area (Å²) in [6.07, 6.45) is 2.61. The number of esters is 2. The van der Waals surface area contributed by atoms with Gasteiger partial charge in [-0.2, -0.15) is 0 Å². The Bertz CT molecular complexity index is 306. The fraction of sp³-hybridized carbons (Fsp3) is 0.583. The van der Waals surface area contributed by atoms with Crippen LogP contribution < -0.4 is 0 Å². The number of carbonyl (C=O) groups is 3. The Morgan fingerprint density at radius 2 is 1.94 bits per heavy atom. The highest BCUT2D eigenvalue weighted by Crippen LogP contribution is 2.02. The van der Waals surface area contributed by atoms with E-state index in [1.165, 1.54) is 13.0 Å². The summed E-state index contributed by atoms with van der Waals surface area (Å²) < 4.78 is 9.83. The van der Waals surface area contributed by atoms with E-state index < -0.39 is 18.0 Å². The van der Waals surface area contributed by atoms with Gasteiger partial charge in [0.2, 0.25) is 0 Å². The SMILES string of the molecule is CC=CC(=O)OCC(CC)OC(=O)CC(C)=O. The Kier molecular flexibility index (Phi) is 7.67. The average Bonchev–Trinajstić information content (AvgIpc) is 2.23. The molecule has 0 fully saturated rings. The zero-order valence-electron chi connectivity index (χ0n) is 10.4. The molecule has 0 aliphatic carbocycles. The minimum Gasteiger partial charge on any atom is -0.459 e. The van der Waals surface area contributed by atoms with Crippen molar-refractivity contribution >= 4 is 17.7 Å². The van der Waals surface area contributed by atoms with Crippen LogP contribution in [0.2, 0.25) is 0 Å². The number of ether oxygens (including phenoxy) is 2. The lowest BCUT2D eigenvalue weighted by atomic mass is 10.3. The van der Waals surface area contributed by atoms with Gasteiger partial charge in [0.15, 0.2) is 0 Å². The molecule has 0 radical (unpaired) electrons. The third-order valence-electron chi connectivity index (χ3n) is 1.86. The minimum absolute atomic E-state index is 0.00329. The minimum atomic E-state index is -0.591. The fourth-order valence-corrected chi connectivity index (χ4v) is 1.03. The van der Waals surface area contributed by atoms with Crippen LogP contribution in [-0.2, 0) is 23.9 Å². The van der Waals surface area contributed by atoms with E-state index in [1.54, 1.807) is 19.9 Å². The van der Waals surface area contributed by atoms with Crippen molar-refractivity contribution in [3.8, 4) is 0 Å². The molecular formula is C12H18O5. The number of hydrogen-bond donors (Lipinski definition) is 0. The molecule has 0 N–H and O–H groups in total. The molecule has 5 heteroatoms. The van der Waals surface area contributed by atoms with E-state index in [9.17, 15) is 14.4 Å². The van der Waals surface area contributed by atoms with Crippen LogP contribution in [0.1, 0.15) is 33.6 Å². The lowest BCUT2D eigenvalue weighted by Gasteiger charge is -2.15. The van der Waals surface area contributed by atoms with Crippen molar-refractivity contribution < 1.29 is 23.9 Å². The Hall–Kier alpha value is -1.65. The van der Waals surface area contributed by atoms with Crippen molar-refractivity contribution in [2.45, 2.75) is 39.7 Å². The van der Waals surface area contributed by atoms with Crippen LogP contribution in [0.4, 0.5) is 0 Å². The standard InChI is InChI=1S/C12H18O5/c1-4-6-11(14)16-8-10(5-2)17-12(15)7-9(3)13/h4,6,10H,5,7-8H2,1-3H3. The summed E-state index contributed by atoms with van der Waals surface area (Å²) in [7, 11) is 0. The number of allylic oxidation sites excluding steroid dienone is 1. The lowest BCUT2D eigenvalue weighted by Crippen LogP contribution is -2.25. The maximum absolute atomic E-state index is 11.2. The molecule has 96 valence electrons. The van der Waals surface area contributed by atoms with Gasteiger partial charge in [-0.1, -0.05) is 13.0 Å². The van der Waals surface area contributed by atoms with E-state index in [-0.39, 0.29) is 18.8 Å². The first-order valence-electron chi connectivity index (χ1n) is 5.48. The predicted octanol–water partition coefficient (Wildman–Crippen LogP) is 1.41. The van der Waals surface area contributed by atoms with Crippen molar-refractivity contribution in [1.29, 1.82) is 0 Å². The van der Waals surface area contributed by atoms with Crippen LogP contribution in [0.3, 0.4) is 0 Å². The lowest BCUT2D eigenvalue weighted by molar-refractivity contribution is -0.158. The molecule has 0 saturated carbocycles. The molecule has 17 heavy (non-hydrogen) atoms. The van der Waals surface area contributed by atoms with Crippen molar-refractivity contribution in [2.75, 3.05) is 6.61 Å². The van der Waals surface area contributed by atoms with Crippen molar-refractivity contribution in [2.24, 2.45) is 0 Å². The Morgan fingerprint density at radius 3 is 2.41 bits per heavy atom. The molecule has 5 nitrogen and oxygen atoms in total. The third-order valence-corrected chi connectivity index (χ3v) is 1.86. The molecular weight excluding hydrogens is 224 g/mol. The molecule has 1 unspecified atom stereocenters. The molecule has 0 aromatic carbocycles. The normalized spacial score (nSPS) is 12.2. The maximum Gasteiger partial charge on any atom is 0.330 e. The first-order chi connectivity index (χ1) is 7.99. The Labute approximate surface area is 101 Å². The number of carbonyl (C=O) groups excluding carboxylic acids is 3. The number of rotatable bonds is 7. The van der Waals surface area contributed by atoms with Gasteiger partial charge in [-0.25, -0.2) is 4.79 Å². The molecule has 0 aliphatic heterocycles. The second-order valence-electron chi connectivity index (χ2n) is 3.53. The third kappa shape index (κ3) is 8.19. The average molecular weight is 242 g/mol. The van der Waals surface area contributed by atoms with Crippen LogP contribution in [0.15, 0.2) is 12.2 Å². The molecule has 0 saturated heterocycles. The van der Waals surface area contributed by atoms with Crippen LogP contribution >= 0.6 is 0 Å². The summed E-state index contributed by atoms with van der Waals surface area (Å²) in [4.78, 5) is 32.9. The highest BCUT2D eigenvalue weighted by atomic mass is 16.6. The van der Waals surface area contributed by atoms with Gasteiger partial charge in [-0.15, -0.1) is 0 Å². The van der Waals surface area contributed by atoms with Crippen molar-refractivity contribution in [1.82, 2.24) is 0 Å². The van der Waals surface area contributed by atoms with Gasteiger partial charge in [0, 0.05) is 6.08 Å². The fourth-order valence-electron chi connectivity index (χ4n) is 1.03. The molecule has 0 aliphatic rings. The largest absolute Gasteiger partial charge is 0.459 e. The van der Waals surface area contributed by atoms with Gasteiger partial charge in [-0.05, 0) is 20.3 Å². The Morgan fingerprint density at radius 1 is 1.29 bits per heavy atom. The molecule has 0 aromatic rings. The first kappa shape index (κ1) is 15.3. The predicted molar refractivity (Wildman–Crippen MR) is 61.2 cm³/mol. The maximum atomic E-state index is 11.2. The van der Waals surface area contributed by atoms with Gasteiger partial charge in [-0.3, -0.25) is 9.59 Å². The summed E-state index contributed by atoms with van der Waals surface area (Å²) in [5, 5.41) is 0. The van der Waals surface area contributed by atoms with E-state index in [0.29, 0.717) is 6.42 Å². The first-order valence-corrected chi connectivity index (χ1v) is 5.48. The summed E-state index contributed by atoms with van der Waals surface area (Å²) in [5.41, 5.74) is 0. The molecule has 0 rings (SSSR count). The van der Waals surface area contributed by atoms with Gasteiger partial charge in [0.05, 0.1) is 0 Å². The van der Waals surface area contributed by atoms with Crippen LogP contribution in [0.5, 0.6) is 0 Å². The van der Waals surface area contributed by atoms with Crippen molar-refractivity contribution in [3.05, 3.63) is 12.2 Å². The highest BCUT2D eigenvalue weighted by molar-refractivity contribution is 5.94. The highest BCUT2D eigenvalue weighted by Gasteiger charge is 2.15. The summed E-state index contributed by atoms with van der Waals surface area (Å²) in [6.45, 7) is 4.82. The van der Waals surface area contributed by atoms with E-state index in [2.05, 4.69) is 0 Å². The monoisotopic (exact) mass is 242 g/mol. The smallest absolute Gasteiger partial charge is 0.330 e. The van der Waals surface area contributed by atoms with Gasteiger partial charge in [0.25, 0.3) is 0 Å². The van der Waals surface area contributed by atoms with Crippen LogP contribution in [0.25, 0.3) is 0 Å². The number of Topliss-reactive ketones (excluding diaryl/α,β-unsaturated/α-hetero) is 1. The summed E-state index contributed by atoms with van der Waals surface area (Å²) in [6, 6.07) is 0. The van der Waals surface area contributed by atoms with E-state index in [4.69, 9.17) is 9.47 Å². The van der Waals surface area contributed by atoms with Crippen molar-refractivity contribution in [3.63, 3.8) is 0 Å². The summed E-state index contributed by atoms with van der Waals surface area (Å²) in [5.74, 6) is -1.32.